The van der Waals surface area contributed by atoms with E-state index in [2.05, 4.69) is 27.2 Å². The summed E-state index contributed by atoms with van der Waals surface area (Å²) in [4.78, 5) is 10.6. The highest BCUT2D eigenvalue weighted by molar-refractivity contribution is 6.29. The Morgan fingerprint density at radius 3 is 3.05 bits per heavy atom. The van der Waals surface area contributed by atoms with Crippen LogP contribution in [-0.4, -0.2) is 56.2 Å². The maximum absolute atomic E-state index is 5.78. The van der Waals surface area contributed by atoms with Crippen LogP contribution < -0.4 is 5.32 Å². The van der Waals surface area contributed by atoms with Crippen molar-refractivity contribution in [2.24, 2.45) is 10.9 Å². The van der Waals surface area contributed by atoms with Gasteiger partial charge in [-0.05, 0) is 24.5 Å². The van der Waals surface area contributed by atoms with Crippen LogP contribution in [0.3, 0.4) is 0 Å². The Hall–Kier alpha value is -1.33. The lowest BCUT2D eigenvalue weighted by Gasteiger charge is -2.24. The minimum Gasteiger partial charge on any atom is -0.381 e. The van der Waals surface area contributed by atoms with Gasteiger partial charge in [0.15, 0.2) is 5.96 Å². The van der Waals surface area contributed by atoms with Crippen LogP contribution >= 0.6 is 11.6 Å². The molecule has 1 atom stereocenters. The zero-order valence-electron chi connectivity index (χ0n) is 12.7. The zero-order valence-corrected chi connectivity index (χ0v) is 13.4. The summed E-state index contributed by atoms with van der Waals surface area (Å²) in [7, 11) is 3.88. The molecule has 2 rings (SSSR count). The van der Waals surface area contributed by atoms with Crippen LogP contribution in [-0.2, 0) is 11.2 Å². The SMILES string of the molecule is CN=C(NCCc1ccc(Cl)nc1)N(C)CC1CCOC1. The number of halogens is 1. The van der Waals surface area contributed by atoms with Gasteiger partial charge >= 0.3 is 0 Å². The molecule has 6 heteroatoms. The highest BCUT2D eigenvalue weighted by Gasteiger charge is 2.18. The lowest BCUT2D eigenvalue weighted by atomic mass is 10.1. The van der Waals surface area contributed by atoms with E-state index < -0.39 is 0 Å². The molecular formula is C15H23ClN4O. The summed E-state index contributed by atoms with van der Waals surface area (Å²) < 4.78 is 5.42. The molecular weight excluding hydrogens is 288 g/mol. The van der Waals surface area contributed by atoms with Crippen molar-refractivity contribution in [3.8, 4) is 0 Å². The third kappa shape index (κ3) is 5.17. The Morgan fingerprint density at radius 1 is 1.57 bits per heavy atom. The van der Waals surface area contributed by atoms with Crippen molar-refractivity contribution in [1.82, 2.24) is 15.2 Å². The Morgan fingerprint density at radius 2 is 2.43 bits per heavy atom. The predicted molar refractivity (Wildman–Crippen MR) is 85.9 cm³/mol. The first-order valence-electron chi connectivity index (χ1n) is 7.29. The predicted octanol–water partition coefficient (Wildman–Crippen LogP) is 1.82. The molecule has 0 amide bonds. The fraction of sp³-hybridized carbons (Fsp3) is 0.600. The number of aliphatic imine (C=N–C) groups is 1. The van der Waals surface area contributed by atoms with Crippen molar-refractivity contribution in [1.29, 1.82) is 0 Å². The standard InChI is InChI=1S/C15H23ClN4O/c1-17-15(20(2)10-13-6-8-21-11-13)18-7-5-12-3-4-14(16)19-9-12/h3-4,9,13H,5-8,10-11H2,1-2H3,(H,17,18). The molecule has 1 N–H and O–H groups in total. The Balaban J connectivity index is 1.75. The molecule has 1 aromatic heterocycles. The molecule has 1 unspecified atom stereocenters. The van der Waals surface area contributed by atoms with E-state index in [1.165, 1.54) is 0 Å². The first-order valence-corrected chi connectivity index (χ1v) is 7.67. The smallest absolute Gasteiger partial charge is 0.193 e. The molecule has 116 valence electrons. The molecule has 0 spiro atoms. The third-order valence-corrected chi connectivity index (χ3v) is 3.84. The topological polar surface area (TPSA) is 49.8 Å². The highest BCUT2D eigenvalue weighted by atomic mass is 35.5. The number of hydrogen-bond donors (Lipinski definition) is 1. The van der Waals surface area contributed by atoms with Gasteiger partial charge in [-0.15, -0.1) is 0 Å². The fourth-order valence-electron chi connectivity index (χ4n) is 2.46. The molecule has 1 aromatic rings. The quantitative estimate of drug-likeness (QED) is 0.512. The average molecular weight is 311 g/mol. The van der Waals surface area contributed by atoms with Gasteiger partial charge in [-0.1, -0.05) is 17.7 Å². The van der Waals surface area contributed by atoms with E-state index in [-0.39, 0.29) is 0 Å². The molecule has 5 nitrogen and oxygen atoms in total. The van der Waals surface area contributed by atoms with Crippen molar-refractivity contribution in [3.05, 3.63) is 29.0 Å². The monoisotopic (exact) mass is 310 g/mol. The number of rotatable bonds is 5. The minimum atomic E-state index is 0.529. The van der Waals surface area contributed by atoms with Crippen LogP contribution in [0.15, 0.2) is 23.3 Å². The summed E-state index contributed by atoms with van der Waals surface area (Å²) >= 11 is 5.78. The maximum atomic E-state index is 5.78. The summed E-state index contributed by atoms with van der Waals surface area (Å²) in [5.41, 5.74) is 1.16. The lowest BCUT2D eigenvalue weighted by molar-refractivity contribution is 0.181. The molecule has 0 aliphatic carbocycles. The van der Waals surface area contributed by atoms with E-state index in [1.807, 2.05) is 25.4 Å². The van der Waals surface area contributed by atoms with Crippen LogP contribution in [0.25, 0.3) is 0 Å². The van der Waals surface area contributed by atoms with Crippen molar-refractivity contribution < 1.29 is 4.74 Å². The number of nitrogens with one attached hydrogen (secondary N) is 1. The number of pyridine rings is 1. The molecule has 0 saturated carbocycles. The maximum Gasteiger partial charge on any atom is 0.193 e. The number of hydrogen-bond acceptors (Lipinski definition) is 3. The molecule has 0 radical (unpaired) electrons. The van der Waals surface area contributed by atoms with Crippen molar-refractivity contribution in [3.63, 3.8) is 0 Å². The normalized spacial score (nSPS) is 18.8. The second-order valence-corrected chi connectivity index (χ2v) is 5.71. The molecule has 0 bridgehead atoms. The van der Waals surface area contributed by atoms with Crippen LogP contribution in [0.4, 0.5) is 0 Å². The van der Waals surface area contributed by atoms with Crippen LogP contribution in [0, 0.1) is 5.92 Å². The van der Waals surface area contributed by atoms with Gasteiger partial charge in [0.25, 0.3) is 0 Å². The molecule has 1 aliphatic heterocycles. The molecule has 21 heavy (non-hydrogen) atoms. The first kappa shape index (κ1) is 16.0. The van der Waals surface area contributed by atoms with Gasteiger partial charge in [0.2, 0.25) is 0 Å². The van der Waals surface area contributed by atoms with E-state index in [4.69, 9.17) is 16.3 Å². The number of nitrogens with zero attached hydrogens (tertiary/aromatic N) is 3. The van der Waals surface area contributed by atoms with Crippen molar-refractivity contribution >= 4 is 17.6 Å². The average Bonchev–Trinajstić information content (AvgIpc) is 2.98. The number of ether oxygens (including phenoxy) is 1. The molecule has 0 aromatic carbocycles. The largest absolute Gasteiger partial charge is 0.381 e. The van der Waals surface area contributed by atoms with Gasteiger partial charge in [0.05, 0.1) is 6.61 Å². The van der Waals surface area contributed by atoms with E-state index in [0.29, 0.717) is 11.1 Å². The number of guanidine groups is 1. The van der Waals surface area contributed by atoms with E-state index in [0.717, 1.165) is 50.7 Å². The summed E-state index contributed by atoms with van der Waals surface area (Å²) in [6, 6.07) is 3.82. The summed E-state index contributed by atoms with van der Waals surface area (Å²) in [5.74, 6) is 1.53. The first-order chi connectivity index (χ1) is 10.2. The van der Waals surface area contributed by atoms with Crippen LogP contribution in [0.5, 0.6) is 0 Å². The van der Waals surface area contributed by atoms with E-state index >= 15 is 0 Å². The molecule has 1 fully saturated rings. The molecule has 2 heterocycles. The second kappa shape index (κ2) is 8.20. The zero-order chi connectivity index (χ0) is 15.1. The van der Waals surface area contributed by atoms with Gasteiger partial charge in [-0.2, -0.15) is 0 Å². The van der Waals surface area contributed by atoms with Crippen LogP contribution in [0.1, 0.15) is 12.0 Å². The van der Waals surface area contributed by atoms with Gasteiger partial charge in [-0.25, -0.2) is 4.98 Å². The third-order valence-electron chi connectivity index (χ3n) is 3.61. The minimum absolute atomic E-state index is 0.529. The Bertz CT molecular complexity index is 457. The Kier molecular flexibility index (Phi) is 6.26. The van der Waals surface area contributed by atoms with Gasteiger partial charge in [0.1, 0.15) is 5.15 Å². The number of aromatic nitrogens is 1. The Labute approximate surface area is 131 Å². The molecule has 1 saturated heterocycles. The van der Waals surface area contributed by atoms with Crippen molar-refractivity contribution in [2.45, 2.75) is 12.8 Å². The van der Waals surface area contributed by atoms with Crippen LogP contribution in [0.2, 0.25) is 5.15 Å². The van der Waals surface area contributed by atoms with E-state index in [9.17, 15) is 0 Å². The van der Waals surface area contributed by atoms with Crippen molar-refractivity contribution in [2.75, 3.05) is 40.4 Å². The summed E-state index contributed by atoms with van der Waals surface area (Å²) in [5, 5.41) is 3.91. The van der Waals surface area contributed by atoms with Gasteiger partial charge < -0.3 is 15.0 Å². The van der Waals surface area contributed by atoms with Gasteiger partial charge in [0, 0.05) is 45.9 Å². The summed E-state index contributed by atoms with van der Waals surface area (Å²) in [6.07, 6.45) is 3.84. The second-order valence-electron chi connectivity index (χ2n) is 5.32. The summed E-state index contributed by atoms with van der Waals surface area (Å²) in [6.45, 7) is 3.54. The highest BCUT2D eigenvalue weighted by Crippen LogP contribution is 2.13. The van der Waals surface area contributed by atoms with E-state index in [1.54, 1.807) is 0 Å². The van der Waals surface area contributed by atoms with Gasteiger partial charge in [-0.3, -0.25) is 4.99 Å². The fourth-order valence-corrected chi connectivity index (χ4v) is 2.57. The molecule has 1 aliphatic rings. The lowest BCUT2D eigenvalue weighted by Crippen LogP contribution is -2.42.